The zero-order valence-corrected chi connectivity index (χ0v) is 46.5. The highest BCUT2D eigenvalue weighted by Gasteiger charge is 2.47. The van der Waals surface area contributed by atoms with Gasteiger partial charge in [0.25, 0.3) is 0 Å². The Balaban J connectivity index is 0.000000404. The van der Waals surface area contributed by atoms with Gasteiger partial charge in [-0.15, -0.1) is 12.4 Å². The third-order valence-electron chi connectivity index (χ3n) is 19.1. The highest BCUT2D eigenvalue weighted by Crippen LogP contribution is 2.50. The molecule has 0 bridgehead atoms. The van der Waals surface area contributed by atoms with Crippen molar-refractivity contribution in [2.24, 2.45) is 104 Å². The normalized spacial score (nSPS) is 34.6. The molecule has 392 valence electrons. The molecule has 1 saturated heterocycles. The molecule has 11 heteroatoms. The summed E-state index contributed by atoms with van der Waals surface area (Å²) in [6.45, 7) is 36.1. The fraction of sp³-hybridized carbons (Fsp3) is 0.911. The fourth-order valence-corrected chi connectivity index (χ4v) is 13.3. The summed E-state index contributed by atoms with van der Waals surface area (Å²) in [4.78, 5) is 42.8. The van der Waals surface area contributed by atoms with Crippen LogP contribution >= 0.6 is 12.4 Å². The molecule has 1 amide bonds. The van der Waals surface area contributed by atoms with Crippen LogP contribution in [0.1, 0.15) is 207 Å². The molecule has 10 nitrogen and oxygen atoms in total. The van der Waals surface area contributed by atoms with Gasteiger partial charge >= 0.3 is 5.97 Å². The van der Waals surface area contributed by atoms with E-state index in [0.29, 0.717) is 58.7 Å². The van der Waals surface area contributed by atoms with Crippen LogP contribution < -0.4 is 16.8 Å². The van der Waals surface area contributed by atoms with Crippen molar-refractivity contribution in [1.82, 2.24) is 5.32 Å². The smallest absolute Gasteiger partial charge is 0.303 e. The van der Waals surface area contributed by atoms with Gasteiger partial charge in [0.2, 0.25) is 12.5 Å². The molecule has 0 radical (unpaired) electrons. The first kappa shape index (κ1) is 63.0. The number of carbonyl (C=O) groups is 3. The molecular formula is C56H105ClN4O6. The number of carboxylic acid groups (broad SMARTS) is 1. The quantitative estimate of drug-likeness (QED) is 0.105. The lowest BCUT2D eigenvalue weighted by Crippen LogP contribution is -2.30. The molecule has 0 aromatic heterocycles. The van der Waals surface area contributed by atoms with E-state index < -0.39 is 5.97 Å². The van der Waals surface area contributed by atoms with Crippen molar-refractivity contribution in [3.05, 3.63) is 21.8 Å². The Kier molecular flexibility index (Phi) is 26.4. The zero-order chi connectivity index (χ0) is 50.4. The lowest BCUT2D eigenvalue weighted by molar-refractivity contribution is -0.497. The van der Waals surface area contributed by atoms with E-state index in [0.717, 1.165) is 100.0 Å². The van der Waals surface area contributed by atoms with Gasteiger partial charge in [-0.3, -0.25) is 24.5 Å². The molecular weight excluding hydrogens is 860 g/mol. The van der Waals surface area contributed by atoms with Crippen LogP contribution in [0.3, 0.4) is 0 Å². The predicted octanol–water partition coefficient (Wildman–Crippen LogP) is 13.2. The summed E-state index contributed by atoms with van der Waals surface area (Å²) >= 11 is 0. The van der Waals surface area contributed by atoms with E-state index in [9.17, 15) is 24.5 Å². The van der Waals surface area contributed by atoms with Crippen LogP contribution in [0.2, 0.25) is 0 Å². The van der Waals surface area contributed by atoms with E-state index in [1.165, 1.54) is 44.9 Å². The zero-order valence-electron chi connectivity index (χ0n) is 45.6. The molecule has 6 aliphatic carbocycles. The average molecular weight is 966 g/mol. The Morgan fingerprint density at radius 3 is 1.21 bits per heavy atom. The average Bonchev–Trinajstić information content (AvgIpc) is 4.09. The minimum atomic E-state index is -0.716. The third kappa shape index (κ3) is 19.2. The number of Topliss-reactive ketones (excluding diaryl/α,β-unsaturated/α-hetero) is 1. The number of carboxylic acids is 1. The lowest BCUT2D eigenvalue weighted by Gasteiger charge is -2.25. The van der Waals surface area contributed by atoms with Gasteiger partial charge in [0, 0.05) is 36.1 Å². The molecule has 6 N–H and O–H groups in total. The van der Waals surface area contributed by atoms with E-state index in [1.807, 2.05) is 0 Å². The second kappa shape index (κ2) is 28.1. The van der Waals surface area contributed by atoms with Crippen LogP contribution in [0.4, 0.5) is 0 Å². The number of ketones is 1. The van der Waals surface area contributed by atoms with Crippen LogP contribution in [0.5, 0.6) is 0 Å². The topological polar surface area (TPSA) is 179 Å². The molecule has 0 aromatic rings. The van der Waals surface area contributed by atoms with E-state index in [-0.39, 0.29) is 47.0 Å². The molecule has 1 aliphatic heterocycles. The molecule has 0 aromatic carbocycles. The van der Waals surface area contributed by atoms with E-state index >= 15 is 0 Å². The SMILES string of the molecule is CC=C1C[C@H](C)[C@@H](C)C1.CCC1(CN)C[C@H](C)[C@@H](C)C1.CCC1(C[N+](=O)[O-])C[C@H](C)[C@@H](C)C1.C[C@H]1CC(=O)C[C@@H]1C.C[C@H]1CC(CN)(CC(=O)O)C[C@@H]1C.C[C@H]1CC2(CNC(=O)C2)C[C@@H]1C.Cl. The summed E-state index contributed by atoms with van der Waals surface area (Å²) in [5, 5.41) is 22.3. The maximum absolute atomic E-state index is 11.1. The van der Waals surface area contributed by atoms with E-state index in [2.05, 4.69) is 115 Å². The second-order valence-corrected chi connectivity index (χ2v) is 24.8. The largest absolute Gasteiger partial charge is 0.481 e. The summed E-state index contributed by atoms with van der Waals surface area (Å²) in [6, 6.07) is 0. The van der Waals surface area contributed by atoms with Crippen molar-refractivity contribution in [1.29, 1.82) is 0 Å². The molecule has 7 aliphatic rings. The molecule has 7 rings (SSSR count). The molecule has 7 fully saturated rings. The van der Waals surface area contributed by atoms with Gasteiger partial charge in [-0.05, 0) is 184 Å². The Hall–Kier alpha value is -2.04. The molecule has 67 heavy (non-hydrogen) atoms. The first-order chi connectivity index (χ1) is 30.7. The third-order valence-corrected chi connectivity index (χ3v) is 19.1. The number of nitrogens with one attached hydrogen (secondary N) is 1. The molecule has 0 unspecified atom stereocenters. The number of hydrogen-bond acceptors (Lipinski definition) is 7. The molecule has 1 heterocycles. The minimum Gasteiger partial charge on any atom is -0.481 e. The lowest BCUT2D eigenvalue weighted by atomic mass is 9.82. The van der Waals surface area contributed by atoms with Crippen LogP contribution in [0, 0.1) is 103 Å². The van der Waals surface area contributed by atoms with Crippen molar-refractivity contribution in [2.45, 2.75) is 207 Å². The first-order valence-electron chi connectivity index (χ1n) is 26.8. The van der Waals surface area contributed by atoms with Gasteiger partial charge in [0.15, 0.2) is 0 Å². The summed E-state index contributed by atoms with van der Waals surface area (Å²) in [7, 11) is 0. The summed E-state index contributed by atoms with van der Waals surface area (Å²) in [5.41, 5.74) is 13.9. The summed E-state index contributed by atoms with van der Waals surface area (Å²) in [5.74, 6) is 9.04. The van der Waals surface area contributed by atoms with E-state index in [4.69, 9.17) is 16.6 Å². The first-order valence-corrected chi connectivity index (χ1v) is 26.8. The van der Waals surface area contributed by atoms with Gasteiger partial charge in [-0.1, -0.05) is 109 Å². The number of halogens is 1. The number of allylic oxidation sites excluding steroid dienone is 2. The fourth-order valence-electron chi connectivity index (χ4n) is 13.3. The molecule has 1 spiro atoms. The maximum Gasteiger partial charge on any atom is 0.303 e. The van der Waals surface area contributed by atoms with Crippen LogP contribution in [0.25, 0.3) is 0 Å². The van der Waals surface area contributed by atoms with Crippen LogP contribution in [0.15, 0.2) is 11.6 Å². The number of hydrogen-bond donors (Lipinski definition) is 4. The van der Waals surface area contributed by atoms with Gasteiger partial charge in [-0.2, -0.15) is 0 Å². The number of rotatable bonds is 8. The van der Waals surface area contributed by atoms with Crippen LogP contribution in [-0.2, 0) is 14.4 Å². The van der Waals surface area contributed by atoms with Gasteiger partial charge in [0.05, 0.1) is 6.42 Å². The number of nitro groups is 1. The molecule has 12 atom stereocenters. The Labute approximate surface area is 416 Å². The number of amides is 1. The number of nitrogens with zero attached hydrogens (tertiary/aromatic N) is 1. The molecule has 6 saturated carbocycles. The highest BCUT2D eigenvalue weighted by atomic mass is 35.5. The van der Waals surface area contributed by atoms with Crippen molar-refractivity contribution < 1.29 is 24.4 Å². The van der Waals surface area contributed by atoms with Gasteiger partial charge in [0.1, 0.15) is 5.78 Å². The maximum atomic E-state index is 11.1. The second-order valence-electron chi connectivity index (χ2n) is 24.8. The predicted molar refractivity (Wildman–Crippen MR) is 282 cm³/mol. The van der Waals surface area contributed by atoms with Crippen molar-refractivity contribution >= 4 is 30.1 Å². The number of nitrogens with two attached hydrogens (primary N) is 2. The number of aliphatic carboxylic acids is 1. The van der Waals surface area contributed by atoms with Crippen molar-refractivity contribution in [3.8, 4) is 0 Å². The van der Waals surface area contributed by atoms with E-state index in [1.54, 1.807) is 5.57 Å². The van der Waals surface area contributed by atoms with Crippen molar-refractivity contribution in [2.75, 3.05) is 26.2 Å². The standard InChI is InChI=1S/2C10H19NO2.C10H17NO.C10H21N.C9H16.C7H12O.ClH/c1-7-3-10(6-11,4-8(7)2)5-9(12)13;1-4-10(7-11(12)13)5-8(2)9(3)6-10;1-7-3-10(4-8(7)2)5-9(12)11-6-10;1-4-10(7-11)5-8(2)9(3)6-10;1-4-9-5-7(2)8(3)6-9;1-5-3-7(8)4-6(5)2;/h7-8H,3-6,11H2,1-2H3,(H,12,13);8-9H,4-7H2,1-3H3;7-8H,3-6H2,1-2H3,(H,11,12);8-9H,4-7,11H2,1-3H3;4,7-8H,5-6H2,1-3H3;5-6H,3-4H2,1-2H3;1H/t7-,8-;8-,9-;7-,8-;8-,9-;7-,8-;5-,6-;/m000000./s1. The van der Waals surface area contributed by atoms with Gasteiger partial charge in [-0.25, -0.2) is 0 Å². The monoisotopic (exact) mass is 965 g/mol. The highest BCUT2D eigenvalue weighted by molar-refractivity contribution is 5.85. The summed E-state index contributed by atoms with van der Waals surface area (Å²) < 4.78 is 0. The van der Waals surface area contributed by atoms with Gasteiger partial charge < -0.3 is 21.9 Å². The number of carbonyl (C=O) groups excluding carboxylic acids is 2. The minimum absolute atomic E-state index is 0. The summed E-state index contributed by atoms with van der Waals surface area (Å²) in [6.07, 6.45) is 19.0. The Bertz CT molecular complexity index is 1460. The van der Waals surface area contributed by atoms with Crippen molar-refractivity contribution in [3.63, 3.8) is 0 Å². The van der Waals surface area contributed by atoms with Crippen LogP contribution in [-0.4, -0.2) is 53.9 Å². The Morgan fingerprint density at radius 2 is 0.970 bits per heavy atom. The Morgan fingerprint density at radius 1 is 0.627 bits per heavy atom.